The largest absolute Gasteiger partial charge is 0.309 e. The fraction of sp³-hybridized carbons (Fsp3) is 0. The molecule has 0 N–H and O–H groups in total. The molecule has 268 valence electrons. The number of para-hydroxylation sites is 2. The van der Waals surface area contributed by atoms with Gasteiger partial charge in [-0.1, -0.05) is 176 Å². The molecule has 0 unspecified atom stereocenters. The predicted octanol–water partition coefficient (Wildman–Crippen LogP) is 10.9. The van der Waals surface area contributed by atoms with Crippen LogP contribution in [0.15, 0.2) is 231 Å². The standard InChI is InChI=1S/C54H38N2Si/c1-6-19-39(20-7-1)40-33-35-51-48(37-40)54-52(56(51)42-34-36-50-47(38-42)46-29-16-17-30-49(46)55(50)41-21-8-2-9-22-41)31-18-32-53(54)57(43-23-10-3-11-24-43,44-25-12-4-13-26-44)45-27-14-5-15-28-45/h1-38H. The third-order valence-corrected chi connectivity index (χ3v) is 16.7. The second-order valence-electron chi connectivity index (χ2n) is 14.9. The van der Waals surface area contributed by atoms with Gasteiger partial charge in [0.05, 0.1) is 22.1 Å². The van der Waals surface area contributed by atoms with Gasteiger partial charge in [0.2, 0.25) is 0 Å². The molecule has 0 radical (unpaired) electrons. The van der Waals surface area contributed by atoms with Crippen molar-refractivity contribution in [3.63, 3.8) is 0 Å². The van der Waals surface area contributed by atoms with Gasteiger partial charge >= 0.3 is 0 Å². The average Bonchev–Trinajstić information content (AvgIpc) is 3.81. The van der Waals surface area contributed by atoms with Gasteiger partial charge in [0.15, 0.2) is 8.07 Å². The Labute approximate surface area is 333 Å². The zero-order chi connectivity index (χ0) is 37.8. The highest BCUT2D eigenvalue weighted by Gasteiger charge is 2.43. The lowest BCUT2D eigenvalue weighted by atomic mass is 10.0. The maximum atomic E-state index is 2.51. The van der Waals surface area contributed by atoms with Crippen LogP contribution in [-0.4, -0.2) is 17.2 Å². The molecule has 0 saturated carbocycles. The van der Waals surface area contributed by atoms with Crippen LogP contribution in [0, 0.1) is 0 Å². The van der Waals surface area contributed by atoms with E-state index < -0.39 is 8.07 Å². The van der Waals surface area contributed by atoms with E-state index in [9.17, 15) is 0 Å². The number of hydrogen-bond donors (Lipinski definition) is 0. The molecule has 0 aliphatic heterocycles. The Hall–Kier alpha value is -7.20. The van der Waals surface area contributed by atoms with Gasteiger partial charge in [0, 0.05) is 32.9 Å². The molecule has 0 spiro atoms. The minimum atomic E-state index is -2.90. The molecule has 0 aliphatic carbocycles. The molecule has 0 aliphatic rings. The summed E-state index contributed by atoms with van der Waals surface area (Å²) in [5, 5.41) is 10.5. The molecule has 0 atom stereocenters. The van der Waals surface area contributed by atoms with Crippen LogP contribution >= 0.6 is 0 Å². The molecule has 2 heterocycles. The number of fused-ring (bicyclic) bond motifs is 6. The van der Waals surface area contributed by atoms with Crippen molar-refractivity contribution in [2.24, 2.45) is 0 Å². The second kappa shape index (κ2) is 13.5. The molecule has 11 aromatic rings. The number of hydrogen-bond acceptors (Lipinski definition) is 0. The highest BCUT2D eigenvalue weighted by molar-refractivity contribution is 7.20. The van der Waals surface area contributed by atoms with Crippen molar-refractivity contribution in [2.45, 2.75) is 0 Å². The number of rotatable bonds is 7. The van der Waals surface area contributed by atoms with E-state index >= 15 is 0 Å². The van der Waals surface area contributed by atoms with Crippen LogP contribution < -0.4 is 20.7 Å². The maximum absolute atomic E-state index is 2.90. The summed E-state index contributed by atoms with van der Waals surface area (Å²) in [7, 11) is -2.90. The molecule has 0 bridgehead atoms. The molecular weight excluding hydrogens is 705 g/mol. The van der Waals surface area contributed by atoms with Crippen molar-refractivity contribution in [3.05, 3.63) is 231 Å². The van der Waals surface area contributed by atoms with E-state index in [4.69, 9.17) is 0 Å². The van der Waals surface area contributed by atoms with Crippen LogP contribution in [0.1, 0.15) is 0 Å². The molecule has 9 aromatic carbocycles. The Morgan fingerprint density at radius 3 is 1.42 bits per heavy atom. The molecule has 3 heteroatoms. The molecule has 2 nitrogen and oxygen atoms in total. The van der Waals surface area contributed by atoms with Crippen molar-refractivity contribution in [1.29, 1.82) is 0 Å². The van der Waals surface area contributed by atoms with Crippen molar-refractivity contribution >= 4 is 72.4 Å². The summed E-state index contributed by atoms with van der Waals surface area (Å²) in [6, 6.07) is 85.3. The minimum Gasteiger partial charge on any atom is -0.309 e. The Morgan fingerprint density at radius 2 is 0.772 bits per heavy atom. The zero-order valence-electron chi connectivity index (χ0n) is 31.3. The summed E-state index contributed by atoms with van der Waals surface area (Å²) in [6.45, 7) is 0. The van der Waals surface area contributed by atoms with Gasteiger partial charge in [-0.3, -0.25) is 0 Å². The molecular formula is C54H38N2Si. The van der Waals surface area contributed by atoms with Gasteiger partial charge in [0.25, 0.3) is 0 Å². The lowest BCUT2D eigenvalue weighted by Crippen LogP contribution is -2.74. The van der Waals surface area contributed by atoms with Crippen molar-refractivity contribution in [2.75, 3.05) is 0 Å². The van der Waals surface area contributed by atoms with Crippen LogP contribution in [-0.2, 0) is 0 Å². The summed E-state index contributed by atoms with van der Waals surface area (Å²) in [5.74, 6) is 0. The smallest absolute Gasteiger partial charge is 0.180 e. The fourth-order valence-corrected chi connectivity index (χ4v) is 14.5. The van der Waals surface area contributed by atoms with Crippen molar-refractivity contribution in [3.8, 4) is 22.5 Å². The van der Waals surface area contributed by atoms with E-state index in [0.717, 1.165) is 11.4 Å². The van der Waals surface area contributed by atoms with E-state index in [1.54, 1.807) is 0 Å². The van der Waals surface area contributed by atoms with Crippen LogP contribution in [0.3, 0.4) is 0 Å². The van der Waals surface area contributed by atoms with Gasteiger partial charge in [-0.25, -0.2) is 0 Å². The summed E-state index contributed by atoms with van der Waals surface area (Å²) in [5.41, 5.74) is 9.54. The molecule has 57 heavy (non-hydrogen) atoms. The van der Waals surface area contributed by atoms with Gasteiger partial charge < -0.3 is 9.13 Å². The van der Waals surface area contributed by atoms with E-state index in [1.807, 2.05) is 0 Å². The SMILES string of the molecule is c1ccc(-c2ccc3c(c2)c2c([Si](c4ccccc4)(c4ccccc4)c4ccccc4)cccc2n3-c2ccc3c(c2)c2ccccc2n3-c2ccccc2)cc1. The highest BCUT2D eigenvalue weighted by atomic mass is 28.3. The minimum absolute atomic E-state index is 1.15. The Balaban J connectivity index is 1.28. The Morgan fingerprint density at radius 1 is 0.281 bits per heavy atom. The lowest BCUT2D eigenvalue weighted by Gasteiger charge is -2.35. The first kappa shape index (κ1) is 33.2. The normalized spacial score (nSPS) is 11.9. The van der Waals surface area contributed by atoms with Gasteiger partial charge in [-0.2, -0.15) is 0 Å². The molecule has 0 fully saturated rings. The molecule has 0 amide bonds. The first-order chi connectivity index (χ1) is 28.3. The molecule has 11 rings (SSSR count). The maximum Gasteiger partial charge on any atom is 0.180 e. The topological polar surface area (TPSA) is 9.86 Å². The molecule has 2 aromatic heterocycles. The first-order valence-corrected chi connectivity index (χ1v) is 21.7. The zero-order valence-corrected chi connectivity index (χ0v) is 32.3. The van der Waals surface area contributed by atoms with E-state index in [0.29, 0.717) is 0 Å². The monoisotopic (exact) mass is 742 g/mol. The number of nitrogens with zero attached hydrogens (tertiary/aromatic N) is 2. The Kier molecular flexibility index (Phi) is 7.87. The summed E-state index contributed by atoms with van der Waals surface area (Å²) >= 11 is 0. The van der Waals surface area contributed by atoms with Crippen LogP contribution in [0.5, 0.6) is 0 Å². The first-order valence-electron chi connectivity index (χ1n) is 19.7. The van der Waals surface area contributed by atoms with Crippen LogP contribution in [0.4, 0.5) is 0 Å². The van der Waals surface area contributed by atoms with Gasteiger partial charge in [-0.05, 0) is 86.5 Å². The summed E-state index contributed by atoms with van der Waals surface area (Å²) < 4.78 is 4.90. The predicted molar refractivity (Wildman–Crippen MR) is 244 cm³/mol. The fourth-order valence-electron chi connectivity index (χ4n) is 9.46. The second-order valence-corrected chi connectivity index (χ2v) is 18.6. The third-order valence-electron chi connectivity index (χ3n) is 11.9. The number of aromatic nitrogens is 2. The summed E-state index contributed by atoms with van der Waals surface area (Å²) in [6.07, 6.45) is 0. The van der Waals surface area contributed by atoms with Crippen LogP contribution in [0.25, 0.3) is 66.1 Å². The van der Waals surface area contributed by atoms with E-state index in [-0.39, 0.29) is 0 Å². The van der Waals surface area contributed by atoms with Gasteiger partial charge in [-0.15, -0.1) is 0 Å². The highest BCUT2D eigenvalue weighted by Crippen LogP contribution is 2.38. The number of benzene rings is 9. The van der Waals surface area contributed by atoms with Gasteiger partial charge in [0.1, 0.15) is 0 Å². The van der Waals surface area contributed by atoms with Crippen molar-refractivity contribution in [1.82, 2.24) is 9.13 Å². The Bertz CT molecular complexity index is 3110. The third kappa shape index (κ3) is 5.17. The lowest BCUT2D eigenvalue weighted by molar-refractivity contribution is 1.17. The molecule has 0 saturated heterocycles. The van der Waals surface area contributed by atoms with Crippen molar-refractivity contribution < 1.29 is 0 Å². The van der Waals surface area contributed by atoms with E-state index in [1.165, 1.54) is 75.5 Å². The van der Waals surface area contributed by atoms with E-state index in [2.05, 4.69) is 240 Å². The quantitative estimate of drug-likeness (QED) is 0.114. The average molecular weight is 743 g/mol. The van der Waals surface area contributed by atoms with Crippen LogP contribution in [0.2, 0.25) is 0 Å². The summed E-state index contributed by atoms with van der Waals surface area (Å²) in [4.78, 5) is 0.